The predicted molar refractivity (Wildman–Crippen MR) is 108 cm³/mol. The third-order valence-electron chi connectivity index (χ3n) is 4.16. The summed E-state index contributed by atoms with van der Waals surface area (Å²) in [5.74, 6) is 1.43. The topological polar surface area (TPSA) is 56.2 Å². The first-order valence-electron chi connectivity index (χ1n) is 8.81. The van der Waals surface area contributed by atoms with Gasteiger partial charge in [-0.2, -0.15) is 0 Å². The highest BCUT2D eigenvalue weighted by Gasteiger charge is 2.11. The minimum Gasteiger partial charge on any atom is -0.490 e. The number of para-hydroxylation sites is 3. The summed E-state index contributed by atoms with van der Waals surface area (Å²) >= 11 is 6.14. The van der Waals surface area contributed by atoms with Crippen LogP contribution in [0.2, 0.25) is 5.02 Å². The van der Waals surface area contributed by atoms with E-state index in [2.05, 4.69) is 16.5 Å². The van der Waals surface area contributed by atoms with E-state index in [1.54, 1.807) is 13.0 Å². The van der Waals surface area contributed by atoms with Crippen molar-refractivity contribution in [3.05, 3.63) is 71.5 Å². The Morgan fingerprint density at radius 2 is 1.96 bits per heavy atom. The fourth-order valence-corrected chi connectivity index (χ4v) is 3.00. The molecule has 0 bridgehead atoms. The molecule has 1 amide bonds. The number of aromatic nitrogens is 2. The third-order valence-corrected chi connectivity index (χ3v) is 4.48. The number of amides is 1. The Labute approximate surface area is 163 Å². The van der Waals surface area contributed by atoms with Gasteiger partial charge in [-0.15, -0.1) is 0 Å². The van der Waals surface area contributed by atoms with Gasteiger partial charge in [0.2, 0.25) is 5.91 Å². The number of carbonyl (C=O) groups excluding carboxylic acids is 1. The molecule has 2 aromatic carbocycles. The van der Waals surface area contributed by atoms with Crippen molar-refractivity contribution in [2.45, 2.75) is 19.9 Å². The summed E-state index contributed by atoms with van der Waals surface area (Å²) in [5, 5.41) is 3.44. The van der Waals surface area contributed by atoms with Crippen LogP contribution in [0.4, 0.5) is 0 Å². The molecule has 0 aliphatic carbocycles. The average Bonchev–Trinajstić information content (AvgIpc) is 3.01. The molecule has 1 N–H and O–H groups in total. The van der Waals surface area contributed by atoms with E-state index in [9.17, 15) is 4.79 Å². The van der Waals surface area contributed by atoms with Gasteiger partial charge in [-0.05, 0) is 31.2 Å². The fourth-order valence-electron chi connectivity index (χ4n) is 2.81. The van der Waals surface area contributed by atoms with Crippen LogP contribution in [0.25, 0.3) is 11.0 Å². The maximum Gasteiger partial charge on any atom is 0.246 e. The lowest BCUT2D eigenvalue weighted by molar-refractivity contribution is -0.117. The molecule has 0 saturated heterocycles. The number of fused-ring (bicyclic) bond motifs is 1. The number of nitrogens with zero attached hydrogens (tertiary/aromatic N) is 2. The van der Waals surface area contributed by atoms with Crippen LogP contribution in [0.3, 0.4) is 0 Å². The minimum absolute atomic E-state index is 0.139. The Balaban J connectivity index is 1.71. The van der Waals surface area contributed by atoms with Crippen molar-refractivity contribution in [2.24, 2.45) is 0 Å². The number of nitrogens with one attached hydrogen (secondary N) is 1. The summed E-state index contributed by atoms with van der Waals surface area (Å²) in [7, 11) is 0. The largest absolute Gasteiger partial charge is 0.490 e. The summed E-state index contributed by atoms with van der Waals surface area (Å²) in [6.07, 6.45) is 0.625. The first-order valence-corrected chi connectivity index (χ1v) is 9.19. The molecule has 0 unspecified atom stereocenters. The molecule has 3 rings (SSSR count). The maximum atomic E-state index is 11.7. The SMILES string of the molecule is C=C(C)C(=O)NCCc1nc2ccccc2n1CCOc1ccccc1Cl. The van der Waals surface area contributed by atoms with Crippen molar-refractivity contribution in [2.75, 3.05) is 13.2 Å². The molecule has 5 nitrogen and oxygen atoms in total. The fraction of sp³-hybridized carbons (Fsp3) is 0.238. The van der Waals surface area contributed by atoms with E-state index in [4.69, 9.17) is 21.3 Å². The van der Waals surface area contributed by atoms with Gasteiger partial charge in [-0.25, -0.2) is 4.98 Å². The number of hydrogen-bond donors (Lipinski definition) is 1. The highest BCUT2D eigenvalue weighted by atomic mass is 35.5. The Morgan fingerprint density at radius 1 is 1.22 bits per heavy atom. The van der Waals surface area contributed by atoms with Crippen LogP contribution >= 0.6 is 11.6 Å². The van der Waals surface area contributed by atoms with Gasteiger partial charge in [0.15, 0.2) is 0 Å². The normalized spacial score (nSPS) is 10.7. The molecule has 0 fully saturated rings. The average molecular weight is 384 g/mol. The van der Waals surface area contributed by atoms with E-state index in [-0.39, 0.29) is 5.91 Å². The number of hydrogen-bond acceptors (Lipinski definition) is 3. The second-order valence-corrected chi connectivity index (χ2v) is 6.64. The number of ether oxygens (including phenoxy) is 1. The van der Waals surface area contributed by atoms with E-state index in [1.807, 2.05) is 42.5 Å². The van der Waals surface area contributed by atoms with E-state index in [1.165, 1.54) is 0 Å². The van der Waals surface area contributed by atoms with Gasteiger partial charge in [-0.1, -0.05) is 42.4 Å². The summed E-state index contributed by atoms with van der Waals surface area (Å²) in [6.45, 7) is 6.94. The maximum absolute atomic E-state index is 11.7. The van der Waals surface area contributed by atoms with Crippen LogP contribution in [-0.4, -0.2) is 28.6 Å². The molecular weight excluding hydrogens is 362 g/mol. The van der Waals surface area contributed by atoms with Crippen LogP contribution in [0, 0.1) is 0 Å². The van der Waals surface area contributed by atoms with E-state index in [0.29, 0.717) is 42.5 Å². The first kappa shape index (κ1) is 19.0. The number of rotatable bonds is 8. The van der Waals surface area contributed by atoms with Gasteiger partial charge >= 0.3 is 0 Å². The van der Waals surface area contributed by atoms with E-state index in [0.717, 1.165) is 16.9 Å². The zero-order valence-electron chi connectivity index (χ0n) is 15.2. The zero-order chi connectivity index (χ0) is 19.2. The van der Waals surface area contributed by atoms with Gasteiger partial charge < -0.3 is 14.6 Å². The van der Waals surface area contributed by atoms with Gasteiger partial charge in [0.1, 0.15) is 18.2 Å². The van der Waals surface area contributed by atoms with E-state index >= 15 is 0 Å². The van der Waals surface area contributed by atoms with Crippen molar-refractivity contribution >= 4 is 28.5 Å². The molecule has 0 spiro atoms. The molecule has 0 aliphatic heterocycles. The van der Waals surface area contributed by atoms with Crippen molar-refractivity contribution in [3.8, 4) is 5.75 Å². The van der Waals surface area contributed by atoms with Crippen molar-refractivity contribution in [3.63, 3.8) is 0 Å². The molecule has 6 heteroatoms. The zero-order valence-corrected chi connectivity index (χ0v) is 16.0. The van der Waals surface area contributed by atoms with Gasteiger partial charge in [0, 0.05) is 18.5 Å². The van der Waals surface area contributed by atoms with Gasteiger partial charge in [0.05, 0.1) is 22.6 Å². The summed E-state index contributed by atoms with van der Waals surface area (Å²) in [5.41, 5.74) is 2.47. The molecule has 0 radical (unpaired) electrons. The molecule has 1 aromatic heterocycles. The molecule has 140 valence electrons. The Kier molecular flexibility index (Phi) is 6.14. The summed E-state index contributed by atoms with van der Waals surface area (Å²) in [4.78, 5) is 16.4. The molecule has 0 aliphatic rings. The van der Waals surface area contributed by atoms with Gasteiger partial charge in [-0.3, -0.25) is 4.79 Å². The lowest BCUT2D eigenvalue weighted by atomic mass is 10.3. The van der Waals surface area contributed by atoms with Crippen LogP contribution in [-0.2, 0) is 17.8 Å². The number of imidazole rings is 1. The molecule has 3 aromatic rings. The Bertz CT molecular complexity index is 965. The molecule has 1 heterocycles. The van der Waals surface area contributed by atoms with Crippen molar-refractivity contribution < 1.29 is 9.53 Å². The Hall–Kier alpha value is -2.79. The second kappa shape index (κ2) is 8.73. The van der Waals surface area contributed by atoms with Gasteiger partial charge in [0.25, 0.3) is 0 Å². The van der Waals surface area contributed by atoms with Crippen LogP contribution in [0.5, 0.6) is 5.75 Å². The smallest absolute Gasteiger partial charge is 0.246 e. The minimum atomic E-state index is -0.139. The van der Waals surface area contributed by atoms with E-state index < -0.39 is 0 Å². The van der Waals surface area contributed by atoms with Crippen LogP contribution < -0.4 is 10.1 Å². The van der Waals surface area contributed by atoms with Crippen LogP contribution in [0.1, 0.15) is 12.7 Å². The number of carbonyl (C=O) groups is 1. The molecule has 0 saturated carbocycles. The number of benzene rings is 2. The highest BCUT2D eigenvalue weighted by molar-refractivity contribution is 6.32. The molecule has 0 atom stereocenters. The standard InChI is InChI=1S/C21H22ClN3O2/c1-15(2)21(26)23-12-11-20-24-17-8-4-5-9-18(17)25(20)13-14-27-19-10-6-3-7-16(19)22/h3-10H,1,11-14H2,2H3,(H,23,26). The molecule has 27 heavy (non-hydrogen) atoms. The second-order valence-electron chi connectivity index (χ2n) is 6.23. The molecular formula is C21H22ClN3O2. The lowest BCUT2D eigenvalue weighted by Crippen LogP contribution is -2.27. The summed E-state index contributed by atoms with van der Waals surface area (Å²) < 4.78 is 7.95. The quantitative estimate of drug-likeness (QED) is 0.598. The highest BCUT2D eigenvalue weighted by Crippen LogP contribution is 2.23. The lowest BCUT2D eigenvalue weighted by Gasteiger charge is -2.12. The van der Waals surface area contributed by atoms with Crippen LogP contribution in [0.15, 0.2) is 60.7 Å². The van der Waals surface area contributed by atoms with Crippen molar-refractivity contribution in [1.82, 2.24) is 14.9 Å². The Morgan fingerprint density at radius 3 is 2.74 bits per heavy atom. The van der Waals surface area contributed by atoms with Crippen molar-refractivity contribution in [1.29, 1.82) is 0 Å². The predicted octanol–water partition coefficient (Wildman–Crippen LogP) is 4.00. The summed E-state index contributed by atoms with van der Waals surface area (Å²) in [6, 6.07) is 15.4. The first-order chi connectivity index (χ1) is 13.1. The monoisotopic (exact) mass is 383 g/mol. The third kappa shape index (κ3) is 4.68. The number of halogens is 1.